The number of aromatic nitrogens is 2. The molecule has 0 fully saturated rings. The third kappa shape index (κ3) is 5.40. The normalized spacial score (nSPS) is 11.4. The monoisotopic (exact) mass is 674 g/mol. The summed E-state index contributed by atoms with van der Waals surface area (Å²) in [6.45, 7) is 0. The van der Waals surface area contributed by atoms with Gasteiger partial charge in [0.25, 0.3) is 0 Å². The van der Waals surface area contributed by atoms with Crippen molar-refractivity contribution in [2.75, 3.05) is 0 Å². The molecule has 10 rings (SSSR count). The summed E-state index contributed by atoms with van der Waals surface area (Å²) in [4.78, 5) is 5.20. The summed E-state index contributed by atoms with van der Waals surface area (Å²) in [6, 6.07) is 74.1. The molecule has 2 heteroatoms. The van der Waals surface area contributed by atoms with Gasteiger partial charge in [0, 0.05) is 11.3 Å². The highest BCUT2D eigenvalue weighted by molar-refractivity contribution is 6.21. The maximum absolute atomic E-state index is 5.20. The molecule has 0 saturated carbocycles. The first-order valence-electron chi connectivity index (χ1n) is 18.1. The third-order valence-corrected chi connectivity index (χ3v) is 10.4. The molecule has 0 radical (unpaired) electrons. The number of nitrogens with zero attached hydrogens (tertiary/aromatic N) is 2. The Hall–Kier alpha value is -7.03. The number of fused-ring (bicyclic) bond motifs is 3. The molecule has 0 aliphatic rings. The first kappa shape index (κ1) is 30.8. The molecular weight excluding hydrogens is 641 g/mol. The maximum Gasteiger partial charge on any atom is 0.145 e. The standard InChI is InChI=1S/C51H34N2/c1-4-17-35(18-5-1)39-32-40(36-19-6-2-7-20-36)34-41(33-39)50-45-27-12-10-25-43(45)49(44-26-11-13-28-46(44)50)37-21-16-22-38(31-37)51-52-47-29-14-15-30-48(47)53(51)42-23-8-3-9-24-42/h1-34H. The average Bonchev–Trinajstić information content (AvgIpc) is 3.63. The SMILES string of the molecule is c1ccc(-c2cc(-c3ccccc3)cc(-c3c4ccccc4c(-c4cccc(-c5nc6ccccc6n5-c5ccccc5)c4)c4ccccc34)c2)cc1. The van der Waals surface area contributed by atoms with Gasteiger partial charge in [-0.1, -0.05) is 158 Å². The van der Waals surface area contributed by atoms with Gasteiger partial charge in [0.05, 0.1) is 11.0 Å². The fourth-order valence-electron chi connectivity index (χ4n) is 7.99. The molecule has 53 heavy (non-hydrogen) atoms. The van der Waals surface area contributed by atoms with Crippen molar-refractivity contribution in [3.05, 3.63) is 206 Å². The van der Waals surface area contributed by atoms with Gasteiger partial charge in [-0.25, -0.2) is 4.98 Å². The van der Waals surface area contributed by atoms with E-state index >= 15 is 0 Å². The van der Waals surface area contributed by atoms with Crippen LogP contribution in [0.3, 0.4) is 0 Å². The number of hydrogen-bond donors (Lipinski definition) is 0. The van der Waals surface area contributed by atoms with Crippen molar-refractivity contribution in [1.29, 1.82) is 0 Å². The van der Waals surface area contributed by atoms with E-state index in [2.05, 4.69) is 211 Å². The summed E-state index contributed by atoms with van der Waals surface area (Å²) >= 11 is 0. The second-order valence-corrected chi connectivity index (χ2v) is 13.5. The van der Waals surface area contributed by atoms with Crippen LogP contribution < -0.4 is 0 Å². The van der Waals surface area contributed by atoms with Crippen LogP contribution >= 0.6 is 0 Å². The summed E-state index contributed by atoms with van der Waals surface area (Å²) in [6.07, 6.45) is 0. The summed E-state index contributed by atoms with van der Waals surface area (Å²) in [7, 11) is 0. The number of benzene rings is 9. The van der Waals surface area contributed by atoms with Gasteiger partial charge in [0.1, 0.15) is 5.82 Å². The molecule has 0 atom stereocenters. The van der Waals surface area contributed by atoms with Gasteiger partial charge >= 0.3 is 0 Å². The molecule has 1 heterocycles. The first-order valence-corrected chi connectivity index (χ1v) is 18.1. The van der Waals surface area contributed by atoms with Crippen LogP contribution in [0.4, 0.5) is 0 Å². The zero-order chi connectivity index (χ0) is 35.1. The van der Waals surface area contributed by atoms with E-state index in [9.17, 15) is 0 Å². The zero-order valence-corrected chi connectivity index (χ0v) is 29.0. The van der Waals surface area contributed by atoms with E-state index in [-0.39, 0.29) is 0 Å². The van der Waals surface area contributed by atoms with Crippen LogP contribution in [-0.4, -0.2) is 9.55 Å². The van der Waals surface area contributed by atoms with E-state index in [1.807, 2.05) is 0 Å². The minimum absolute atomic E-state index is 0.927. The van der Waals surface area contributed by atoms with Crippen LogP contribution in [0.15, 0.2) is 206 Å². The van der Waals surface area contributed by atoms with E-state index in [4.69, 9.17) is 4.98 Å². The highest BCUT2D eigenvalue weighted by Crippen LogP contribution is 2.46. The van der Waals surface area contributed by atoms with Gasteiger partial charge in [-0.3, -0.25) is 4.57 Å². The van der Waals surface area contributed by atoms with Crippen molar-refractivity contribution in [3.8, 4) is 61.6 Å². The summed E-state index contributed by atoms with van der Waals surface area (Å²) in [5.74, 6) is 0.927. The number of hydrogen-bond acceptors (Lipinski definition) is 1. The van der Waals surface area contributed by atoms with Crippen LogP contribution in [0.1, 0.15) is 0 Å². The summed E-state index contributed by atoms with van der Waals surface area (Å²) in [5, 5.41) is 4.90. The van der Waals surface area contributed by atoms with Crippen LogP contribution in [0.25, 0.3) is 94.2 Å². The Morgan fingerprint density at radius 1 is 0.302 bits per heavy atom. The molecule has 0 saturated heterocycles. The quantitative estimate of drug-likeness (QED) is 0.161. The largest absolute Gasteiger partial charge is 0.292 e. The van der Waals surface area contributed by atoms with Gasteiger partial charge in [0.2, 0.25) is 0 Å². The van der Waals surface area contributed by atoms with E-state index < -0.39 is 0 Å². The number of para-hydroxylation sites is 3. The lowest BCUT2D eigenvalue weighted by atomic mass is 9.84. The smallest absolute Gasteiger partial charge is 0.145 e. The average molecular weight is 675 g/mol. The number of imidazole rings is 1. The summed E-state index contributed by atoms with van der Waals surface area (Å²) < 4.78 is 2.28. The lowest BCUT2D eigenvalue weighted by molar-refractivity contribution is 1.10. The maximum atomic E-state index is 5.20. The highest BCUT2D eigenvalue weighted by Gasteiger charge is 2.20. The van der Waals surface area contributed by atoms with E-state index in [0.29, 0.717) is 0 Å². The molecule has 0 bridgehead atoms. The second-order valence-electron chi connectivity index (χ2n) is 13.5. The lowest BCUT2D eigenvalue weighted by Crippen LogP contribution is -1.97. The third-order valence-electron chi connectivity index (χ3n) is 10.4. The van der Waals surface area contributed by atoms with Gasteiger partial charge in [-0.2, -0.15) is 0 Å². The van der Waals surface area contributed by atoms with Crippen molar-refractivity contribution >= 4 is 32.6 Å². The van der Waals surface area contributed by atoms with E-state index in [0.717, 1.165) is 33.7 Å². The molecule has 0 spiro atoms. The molecule has 0 unspecified atom stereocenters. The Kier molecular flexibility index (Phi) is 7.51. The molecule has 0 aliphatic carbocycles. The Labute approximate surface area is 308 Å². The Bertz CT molecular complexity index is 2810. The Balaban J connectivity index is 1.22. The van der Waals surface area contributed by atoms with Crippen LogP contribution in [-0.2, 0) is 0 Å². The predicted octanol–water partition coefficient (Wildman–Crippen LogP) is 13.7. The zero-order valence-electron chi connectivity index (χ0n) is 29.0. The molecule has 248 valence electrons. The van der Waals surface area contributed by atoms with Gasteiger partial charge in [-0.05, 0) is 115 Å². The summed E-state index contributed by atoms with van der Waals surface area (Å²) in [5.41, 5.74) is 13.9. The molecule has 1 aromatic heterocycles. The fourth-order valence-corrected chi connectivity index (χ4v) is 7.99. The van der Waals surface area contributed by atoms with E-state index in [1.165, 1.54) is 60.5 Å². The lowest BCUT2D eigenvalue weighted by Gasteiger charge is -2.19. The first-order chi connectivity index (χ1) is 26.3. The van der Waals surface area contributed by atoms with E-state index in [1.54, 1.807) is 0 Å². The van der Waals surface area contributed by atoms with Gasteiger partial charge in [-0.15, -0.1) is 0 Å². The molecule has 2 nitrogen and oxygen atoms in total. The molecule has 0 aliphatic heterocycles. The minimum atomic E-state index is 0.927. The predicted molar refractivity (Wildman–Crippen MR) is 223 cm³/mol. The van der Waals surface area contributed by atoms with Crippen molar-refractivity contribution in [3.63, 3.8) is 0 Å². The van der Waals surface area contributed by atoms with Crippen molar-refractivity contribution < 1.29 is 0 Å². The molecule has 10 aromatic rings. The van der Waals surface area contributed by atoms with Crippen LogP contribution in [0.2, 0.25) is 0 Å². The molecular formula is C51H34N2. The highest BCUT2D eigenvalue weighted by atomic mass is 15.1. The Morgan fingerprint density at radius 2 is 0.717 bits per heavy atom. The minimum Gasteiger partial charge on any atom is -0.292 e. The van der Waals surface area contributed by atoms with Crippen molar-refractivity contribution in [1.82, 2.24) is 9.55 Å². The molecule has 0 N–H and O–H groups in total. The Morgan fingerprint density at radius 3 is 1.30 bits per heavy atom. The van der Waals surface area contributed by atoms with Crippen molar-refractivity contribution in [2.24, 2.45) is 0 Å². The topological polar surface area (TPSA) is 17.8 Å². The second kappa shape index (κ2) is 12.9. The fraction of sp³-hybridized carbons (Fsp3) is 0. The van der Waals surface area contributed by atoms with Gasteiger partial charge in [0.15, 0.2) is 0 Å². The van der Waals surface area contributed by atoms with Crippen LogP contribution in [0.5, 0.6) is 0 Å². The number of rotatable bonds is 6. The van der Waals surface area contributed by atoms with Crippen molar-refractivity contribution in [2.45, 2.75) is 0 Å². The van der Waals surface area contributed by atoms with Crippen LogP contribution in [0, 0.1) is 0 Å². The van der Waals surface area contributed by atoms with Gasteiger partial charge < -0.3 is 0 Å². The molecule has 0 amide bonds. The molecule has 9 aromatic carbocycles.